The molecule has 0 aliphatic carbocycles. The van der Waals surface area contributed by atoms with E-state index in [9.17, 15) is 13.6 Å². The van der Waals surface area contributed by atoms with Gasteiger partial charge in [0.15, 0.2) is 12.4 Å². The van der Waals surface area contributed by atoms with E-state index in [-0.39, 0.29) is 30.2 Å². The Hall–Kier alpha value is -3.49. The summed E-state index contributed by atoms with van der Waals surface area (Å²) in [4.78, 5) is 18.5. The molecule has 1 fully saturated rings. The van der Waals surface area contributed by atoms with Gasteiger partial charge in [0.25, 0.3) is 5.89 Å². The molecule has 0 unspecified atom stereocenters. The van der Waals surface area contributed by atoms with Crippen LogP contribution in [0.4, 0.5) is 13.6 Å². The molecule has 0 bridgehead atoms. The van der Waals surface area contributed by atoms with Gasteiger partial charge in [-0.25, -0.2) is 13.6 Å². The van der Waals surface area contributed by atoms with E-state index in [4.69, 9.17) is 9.26 Å². The van der Waals surface area contributed by atoms with Gasteiger partial charge < -0.3 is 19.5 Å². The number of carbonyl (C=O) groups is 1. The lowest BCUT2D eigenvalue weighted by atomic mass is 9.96. The number of benzene rings is 2. The molecule has 0 radical (unpaired) electrons. The second-order valence-electron chi connectivity index (χ2n) is 7.34. The van der Waals surface area contributed by atoms with Gasteiger partial charge in [-0.05, 0) is 54.8 Å². The van der Waals surface area contributed by atoms with E-state index in [1.54, 1.807) is 17.0 Å². The fourth-order valence-corrected chi connectivity index (χ4v) is 3.40. The molecule has 4 rings (SSSR count). The third-order valence-electron chi connectivity index (χ3n) is 5.16. The Morgan fingerprint density at radius 2 is 1.71 bits per heavy atom. The molecule has 1 aliphatic rings. The van der Waals surface area contributed by atoms with Crippen LogP contribution in [0.1, 0.15) is 36.0 Å². The zero-order valence-electron chi connectivity index (χ0n) is 16.8. The molecule has 2 heterocycles. The molecule has 1 aliphatic heterocycles. The number of amides is 2. The standard InChI is InChI=1S/C22H22F2N4O3/c23-17-3-1-15(2-4-17)13-25-22(29)28-11-9-16(10-12-28)21-26-20(31-27-21)14-30-19-7-5-18(24)6-8-19/h1-8,16H,9-14H2,(H,25,29). The van der Waals surface area contributed by atoms with Crippen molar-refractivity contribution in [2.75, 3.05) is 13.1 Å². The first-order valence-corrected chi connectivity index (χ1v) is 10.0. The summed E-state index contributed by atoms with van der Waals surface area (Å²) in [5, 5.41) is 6.90. The first-order chi connectivity index (χ1) is 15.1. The summed E-state index contributed by atoms with van der Waals surface area (Å²) in [7, 11) is 0. The molecule has 3 aromatic rings. The number of piperidine rings is 1. The van der Waals surface area contributed by atoms with Gasteiger partial charge in [0.2, 0.25) is 0 Å². The lowest BCUT2D eigenvalue weighted by molar-refractivity contribution is 0.179. The largest absolute Gasteiger partial charge is 0.484 e. The van der Waals surface area contributed by atoms with Crippen LogP contribution in [0.5, 0.6) is 5.75 Å². The van der Waals surface area contributed by atoms with Gasteiger partial charge in [0.1, 0.15) is 17.4 Å². The summed E-state index contributed by atoms with van der Waals surface area (Å²) in [6.07, 6.45) is 1.45. The maximum Gasteiger partial charge on any atom is 0.317 e. The van der Waals surface area contributed by atoms with E-state index in [1.165, 1.54) is 36.4 Å². The smallest absolute Gasteiger partial charge is 0.317 e. The van der Waals surface area contributed by atoms with Crippen molar-refractivity contribution in [2.24, 2.45) is 0 Å². The summed E-state index contributed by atoms with van der Waals surface area (Å²) in [6.45, 7) is 1.61. The van der Waals surface area contributed by atoms with Crippen LogP contribution in [-0.4, -0.2) is 34.2 Å². The van der Waals surface area contributed by atoms with Crippen molar-refractivity contribution in [3.05, 3.63) is 77.4 Å². The number of rotatable bonds is 6. The van der Waals surface area contributed by atoms with Crippen molar-refractivity contribution in [3.8, 4) is 5.75 Å². The number of urea groups is 1. The van der Waals surface area contributed by atoms with E-state index in [2.05, 4.69) is 15.5 Å². The van der Waals surface area contributed by atoms with Crippen LogP contribution < -0.4 is 10.1 Å². The molecule has 2 amide bonds. The highest BCUT2D eigenvalue weighted by Crippen LogP contribution is 2.26. The molecule has 0 atom stereocenters. The van der Waals surface area contributed by atoms with E-state index in [0.717, 1.165) is 18.4 Å². The van der Waals surface area contributed by atoms with Gasteiger partial charge in [0.05, 0.1) is 0 Å². The van der Waals surface area contributed by atoms with Crippen LogP contribution in [0.3, 0.4) is 0 Å². The maximum absolute atomic E-state index is 13.0. The number of nitrogens with zero attached hydrogens (tertiary/aromatic N) is 3. The first kappa shape index (κ1) is 20.8. The van der Waals surface area contributed by atoms with Crippen molar-refractivity contribution in [3.63, 3.8) is 0 Å². The number of ether oxygens (including phenoxy) is 1. The van der Waals surface area contributed by atoms with Gasteiger partial charge in [0, 0.05) is 25.6 Å². The summed E-state index contributed by atoms with van der Waals surface area (Å²) in [5.41, 5.74) is 0.840. The number of hydrogen-bond acceptors (Lipinski definition) is 5. The van der Waals surface area contributed by atoms with E-state index in [0.29, 0.717) is 37.1 Å². The van der Waals surface area contributed by atoms with Crippen LogP contribution >= 0.6 is 0 Å². The molecule has 1 saturated heterocycles. The predicted molar refractivity (Wildman–Crippen MR) is 107 cm³/mol. The topological polar surface area (TPSA) is 80.5 Å². The average molecular weight is 428 g/mol. The summed E-state index contributed by atoms with van der Waals surface area (Å²) < 4.78 is 36.7. The van der Waals surface area contributed by atoms with Crippen LogP contribution in [0.15, 0.2) is 53.1 Å². The Balaban J connectivity index is 1.22. The molecule has 1 aromatic heterocycles. The van der Waals surface area contributed by atoms with E-state index < -0.39 is 0 Å². The number of aromatic nitrogens is 2. The normalized spacial score (nSPS) is 14.5. The van der Waals surface area contributed by atoms with Gasteiger partial charge in [-0.15, -0.1) is 0 Å². The zero-order valence-corrected chi connectivity index (χ0v) is 16.8. The Bertz CT molecular complexity index is 1000. The second-order valence-corrected chi connectivity index (χ2v) is 7.34. The third kappa shape index (κ3) is 5.56. The molecule has 9 heteroatoms. The maximum atomic E-state index is 13.0. The minimum Gasteiger partial charge on any atom is -0.484 e. The molecule has 162 valence electrons. The number of likely N-dealkylation sites (tertiary alicyclic amines) is 1. The quantitative estimate of drug-likeness (QED) is 0.642. The molecular weight excluding hydrogens is 406 g/mol. The SMILES string of the molecule is O=C(NCc1ccc(F)cc1)N1CCC(c2noc(COc3ccc(F)cc3)n2)CC1. The Morgan fingerprint density at radius 3 is 2.39 bits per heavy atom. The molecule has 0 saturated carbocycles. The van der Waals surface area contributed by atoms with Crippen molar-refractivity contribution < 1.29 is 22.8 Å². The van der Waals surface area contributed by atoms with Crippen LogP contribution in [0, 0.1) is 11.6 Å². The molecule has 1 N–H and O–H groups in total. The minimum atomic E-state index is -0.331. The van der Waals surface area contributed by atoms with Crippen LogP contribution in [0.2, 0.25) is 0 Å². The number of carbonyl (C=O) groups excluding carboxylic acids is 1. The van der Waals surface area contributed by atoms with Gasteiger partial charge in [-0.2, -0.15) is 4.98 Å². The minimum absolute atomic E-state index is 0.100. The van der Waals surface area contributed by atoms with Crippen molar-refractivity contribution in [2.45, 2.75) is 31.9 Å². The highest BCUT2D eigenvalue weighted by molar-refractivity contribution is 5.74. The lowest BCUT2D eigenvalue weighted by Gasteiger charge is -2.30. The highest BCUT2D eigenvalue weighted by atomic mass is 19.1. The summed E-state index contributed by atoms with van der Waals surface area (Å²) in [6, 6.07) is 11.6. The Labute approximate surface area is 178 Å². The first-order valence-electron chi connectivity index (χ1n) is 10.0. The Morgan fingerprint density at radius 1 is 1.06 bits per heavy atom. The molecular formula is C22H22F2N4O3. The fourth-order valence-electron chi connectivity index (χ4n) is 3.40. The molecule has 2 aromatic carbocycles. The average Bonchev–Trinajstić information content (AvgIpc) is 3.27. The van der Waals surface area contributed by atoms with Gasteiger partial charge >= 0.3 is 6.03 Å². The highest BCUT2D eigenvalue weighted by Gasteiger charge is 2.27. The van der Waals surface area contributed by atoms with E-state index in [1.807, 2.05) is 0 Å². The van der Waals surface area contributed by atoms with Crippen molar-refractivity contribution in [1.29, 1.82) is 0 Å². The summed E-state index contributed by atoms with van der Waals surface area (Å²) >= 11 is 0. The van der Waals surface area contributed by atoms with Crippen LogP contribution in [0.25, 0.3) is 0 Å². The predicted octanol–water partition coefficient (Wildman–Crippen LogP) is 4.02. The van der Waals surface area contributed by atoms with Crippen molar-refractivity contribution >= 4 is 6.03 Å². The monoisotopic (exact) mass is 428 g/mol. The Kier molecular flexibility index (Phi) is 6.40. The number of halogens is 2. The number of nitrogens with one attached hydrogen (secondary N) is 1. The number of hydrogen-bond donors (Lipinski definition) is 1. The fraction of sp³-hybridized carbons (Fsp3) is 0.318. The third-order valence-corrected chi connectivity index (χ3v) is 5.16. The zero-order chi connectivity index (χ0) is 21.6. The van der Waals surface area contributed by atoms with Crippen LogP contribution in [-0.2, 0) is 13.2 Å². The van der Waals surface area contributed by atoms with Gasteiger partial charge in [-0.1, -0.05) is 17.3 Å². The molecule has 31 heavy (non-hydrogen) atoms. The lowest BCUT2D eigenvalue weighted by Crippen LogP contribution is -2.43. The second kappa shape index (κ2) is 9.55. The van der Waals surface area contributed by atoms with Crippen molar-refractivity contribution in [1.82, 2.24) is 20.4 Å². The van der Waals surface area contributed by atoms with E-state index >= 15 is 0 Å². The molecule has 0 spiro atoms. The molecule has 7 nitrogen and oxygen atoms in total. The van der Waals surface area contributed by atoms with Gasteiger partial charge in [-0.3, -0.25) is 0 Å². The summed E-state index contributed by atoms with van der Waals surface area (Å²) in [5.74, 6) is 0.931.